The number of aliphatic imine (C=N–C) groups is 2. The fraction of sp³-hybridized carbons (Fsp3) is 0.345. The third-order valence-electron chi connectivity index (χ3n) is 5.32. The number of pyridine rings is 1. The van der Waals surface area contributed by atoms with Crippen molar-refractivity contribution in [3.63, 3.8) is 0 Å². The van der Waals surface area contributed by atoms with Gasteiger partial charge in [-0.1, -0.05) is 82.3 Å². The van der Waals surface area contributed by atoms with Crippen molar-refractivity contribution in [1.82, 2.24) is 4.98 Å². The van der Waals surface area contributed by atoms with Gasteiger partial charge < -0.3 is 17.4 Å². The van der Waals surface area contributed by atoms with Crippen LogP contribution in [0.25, 0.3) is 0 Å². The molecule has 0 saturated heterocycles. The maximum absolute atomic E-state index is 5.98. The van der Waals surface area contributed by atoms with Crippen molar-refractivity contribution in [2.24, 2.45) is 9.98 Å². The number of halogens is 2. The number of hydrogen-bond acceptors (Lipinski definition) is 3. The second kappa shape index (κ2) is 15.9. The molecule has 0 aliphatic rings. The molecule has 3 nitrogen and oxygen atoms in total. The molecule has 0 aliphatic heterocycles. The maximum Gasteiger partial charge on any atom is 2.00 e. The minimum absolute atomic E-state index is 0. The van der Waals surface area contributed by atoms with Gasteiger partial charge in [0, 0.05) is 23.7 Å². The van der Waals surface area contributed by atoms with Crippen LogP contribution in [0.4, 0.5) is 11.4 Å². The summed E-state index contributed by atoms with van der Waals surface area (Å²) in [6.07, 6.45) is 6.38. The summed E-state index contributed by atoms with van der Waals surface area (Å²) in [6.45, 7) is 16.7. The topological polar surface area (TPSA) is 37.6 Å². The van der Waals surface area contributed by atoms with E-state index in [2.05, 4.69) is 81.1 Å². The predicted octanol–water partition coefficient (Wildman–Crippen LogP) is 6.03. The molecule has 6 heteroatoms. The van der Waals surface area contributed by atoms with E-state index in [0.29, 0.717) is 16.9 Å². The molecule has 0 atom stereocenters. The number of hydrogen-bond donors (Lipinski definition) is 0. The molecule has 3 rings (SSSR count). The van der Waals surface area contributed by atoms with Crippen molar-refractivity contribution in [1.29, 1.82) is 0 Å². The van der Waals surface area contributed by atoms with E-state index in [0.717, 1.165) is 33.8 Å². The first-order valence-electron chi connectivity index (χ1n) is 11.4. The summed E-state index contributed by atoms with van der Waals surface area (Å²) in [5.74, 6) is 0.924. The molecule has 0 bridgehead atoms. The standard InChI is InChI=1S/C19H24N2.C10H11ClN.ClH.Fe/c1-13(2)17-9-6-10-18(14(3)4)19(17)21-15(5)16-8-7-11-20-12-16;1-4-12-10-8(3)5-7(2)6-9(10)11;;/h6-14H,1-5H3;5-6H,1-3H3;1H;/q;-1;;+2/p-1. The molecule has 1 heterocycles. The number of aryl methyl sites for hydroxylation is 2. The Morgan fingerprint density at radius 1 is 0.943 bits per heavy atom. The smallest absolute Gasteiger partial charge is 1.00 e. The molecule has 0 amide bonds. The van der Waals surface area contributed by atoms with E-state index in [-0.39, 0.29) is 29.5 Å². The zero-order valence-corrected chi connectivity index (χ0v) is 24.4. The van der Waals surface area contributed by atoms with Crippen LogP contribution >= 0.6 is 11.6 Å². The molecule has 188 valence electrons. The van der Waals surface area contributed by atoms with E-state index < -0.39 is 0 Å². The zero-order valence-electron chi connectivity index (χ0n) is 21.8. The van der Waals surface area contributed by atoms with E-state index in [1.807, 2.05) is 32.2 Å². The van der Waals surface area contributed by atoms with Crippen LogP contribution in [-0.2, 0) is 17.1 Å². The fourth-order valence-electron chi connectivity index (χ4n) is 3.61. The van der Waals surface area contributed by atoms with Crippen LogP contribution < -0.4 is 12.4 Å². The molecule has 0 radical (unpaired) electrons. The van der Waals surface area contributed by atoms with E-state index in [1.54, 1.807) is 13.1 Å². The first-order valence-corrected chi connectivity index (χ1v) is 11.8. The Labute approximate surface area is 233 Å². The quantitative estimate of drug-likeness (QED) is 0.217. The molecular formula is C29H35Cl2FeN3. The van der Waals surface area contributed by atoms with Gasteiger partial charge >= 0.3 is 17.1 Å². The summed E-state index contributed by atoms with van der Waals surface area (Å²) in [4.78, 5) is 13.2. The van der Waals surface area contributed by atoms with Gasteiger partial charge in [0.05, 0.1) is 5.69 Å². The second-order valence-electron chi connectivity index (χ2n) is 8.78. The van der Waals surface area contributed by atoms with Crippen molar-refractivity contribution >= 4 is 34.9 Å². The van der Waals surface area contributed by atoms with Gasteiger partial charge in [-0.2, -0.15) is 6.21 Å². The monoisotopic (exact) mass is 551 g/mol. The Balaban J connectivity index is 0.000000712. The van der Waals surface area contributed by atoms with Crippen LogP contribution in [0.3, 0.4) is 0 Å². The minimum Gasteiger partial charge on any atom is -1.00 e. The van der Waals surface area contributed by atoms with Crippen LogP contribution in [0.15, 0.2) is 64.8 Å². The number of aromatic nitrogens is 1. The molecule has 2 aromatic carbocycles. The van der Waals surface area contributed by atoms with Crippen molar-refractivity contribution in [2.75, 3.05) is 0 Å². The SMILES string of the molecule is CC(=Nc1c(C(C)C)cccc1C(C)C)c1cccnc1.C[C-]=Nc1c(C)cc(C)cc1Cl.[Cl-].[Fe+2]. The van der Waals surface area contributed by atoms with Crippen molar-refractivity contribution in [3.05, 3.63) is 87.7 Å². The molecule has 0 aliphatic carbocycles. The first-order chi connectivity index (χ1) is 15.6. The van der Waals surface area contributed by atoms with E-state index in [1.165, 1.54) is 11.1 Å². The molecule has 0 saturated carbocycles. The van der Waals surface area contributed by atoms with Crippen molar-refractivity contribution < 1.29 is 29.5 Å². The second-order valence-corrected chi connectivity index (χ2v) is 9.19. The third-order valence-corrected chi connectivity index (χ3v) is 5.61. The van der Waals surface area contributed by atoms with Crippen LogP contribution in [0, 0.1) is 13.8 Å². The molecule has 35 heavy (non-hydrogen) atoms. The number of benzene rings is 2. The van der Waals surface area contributed by atoms with E-state index >= 15 is 0 Å². The van der Waals surface area contributed by atoms with E-state index in [9.17, 15) is 0 Å². The fourth-order valence-corrected chi connectivity index (χ4v) is 3.97. The number of para-hydroxylation sites is 1. The Morgan fingerprint density at radius 2 is 1.54 bits per heavy atom. The van der Waals surface area contributed by atoms with Gasteiger partial charge in [-0.05, 0) is 47.9 Å². The van der Waals surface area contributed by atoms with Gasteiger partial charge in [0.15, 0.2) is 0 Å². The minimum atomic E-state index is 0. The van der Waals surface area contributed by atoms with Gasteiger partial charge in [-0.25, -0.2) is 0 Å². The third kappa shape index (κ3) is 9.54. The zero-order chi connectivity index (χ0) is 24.5. The summed E-state index contributed by atoms with van der Waals surface area (Å²) < 4.78 is 0. The molecule has 0 N–H and O–H groups in total. The Kier molecular flexibility index (Phi) is 15.0. The number of rotatable bonds is 5. The average molecular weight is 552 g/mol. The maximum atomic E-state index is 5.98. The van der Waals surface area contributed by atoms with Gasteiger partial charge in [0.25, 0.3) is 0 Å². The Hall–Kier alpha value is -1.97. The summed E-state index contributed by atoms with van der Waals surface area (Å²) >= 11 is 5.98. The normalized spacial score (nSPS) is 11.1. The Bertz CT molecular complexity index is 1070. The Morgan fingerprint density at radius 3 is 2.00 bits per heavy atom. The van der Waals surface area contributed by atoms with Gasteiger partial charge in [-0.15, -0.1) is 24.1 Å². The summed E-state index contributed by atoms with van der Waals surface area (Å²) in [6, 6.07) is 14.5. The molecule has 3 aromatic rings. The largest absolute Gasteiger partial charge is 2.00 e. The van der Waals surface area contributed by atoms with Crippen LogP contribution in [-0.4, -0.2) is 16.9 Å². The molecule has 0 spiro atoms. The number of nitrogens with zero attached hydrogens (tertiary/aromatic N) is 3. The average Bonchev–Trinajstić information content (AvgIpc) is 2.77. The summed E-state index contributed by atoms with van der Waals surface area (Å²) in [7, 11) is 0. The van der Waals surface area contributed by atoms with E-state index in [4.69, 9.17) is 16.6 Å². The molecule has 0 fully saturated rings. The summed E-state index contributed by atoms with van der Waals surface area (Å²) in [5.41, 5.74) is 8.91. The van der Waals surface area contributed by atoms with Gasteiger partial charge in [0.1, 0.15) is 0 Å². The van der Waals surface area contributed by atoms with Crippen molar-refractivity contribution in [3.8, 4) is 0 Å². The molecule has 0 unspecified atom stereocenters. The van der Waals surface area contributed by atoms with Crippen molar-refractivity contribution in [2.45, 2.75) is 67.2 Å². The van der Waals surface area contributed by atoms with Crippen LogP contribution in [0.2, 0.25) is 5.02 Å². The molecular weight excluding hydrogens is 517 g/mol. The summed E-state index contributed by atoms with van der Waals surface area (Å²) in [5, 5.41) is 0.696. The van der Waals surface area contributed by atoms with Gasteiger partial charge in [0.2, 0.25) is 0 Å². The predicted molar refractivity (Wildman–Crippen MR) is 144 cm³/mol. The van der Waals surface area contributed by atoms with Gasteiger partial charge in [-0.3, -0.25) is 9.98 Å². The molecule has 1 aromatic heterocycles. The first kappa shape index (κ1) is 33.0. The van der Waals surface area contributed by atoms with Crippen LogP contribution in [0.5, 0.6) is 0 Å². The van der Waals surface area contributed by atoms with Crippen LogP contribution in [0.1, 0.15) is 81.2 Å².